The van der Waals surface area contributed by atoms with Crippen molar-refractivity contribution >= 4 is 46.6 Å². The average Bonchev–Trinajstić information content (AvgIpc) is 2.84. The van der Waals surface area contributed by atoms with Crippen LogP contribution < -0.4 is 5.32 Å². The lowest BCUT2D eigenvalue weighted by Crippen LogP contribution is -2.39. The van der Waals surface area contributed by atoms with Crippen molar-refractivity contribution in [1.29, 1.82) is 0 Å². The lowest BCUT2D eigenvalue weighted by atomic mass is 9.88. The summed E-state index contributed by atoms with van der Waals surface area (Å²) in [6, 6.07) is 1.50. The van der Waals surface area contributed by atoms with Crippen LogP contribution in [-0.4, -0.2) is 24.1 Å². The van der Waals surface area contributed by atoms with E-state index in [1.807, 2.05) is 0 Å². The topological polar surface area (TPSA) is 67.8 Å². The maximum Gasteiger partial charge on any atom is 0.507 e. The van der Waals surface area contributed by atoms with E-state index >= 15 is 0 Å². The maximum absolute atomic E-state index is 10.8. The molecule has 0 bridgehead atoms. The molecule has 1 saturated heterocycles. The van der Waals surface area contributed by atoms with Gasteiger partial charge in [-0.3, -0.25) is 0 Å². The van der Waals surface area contributed by atoms with E-state index in [9.17, 15) is 4.79 Å². The molecule has 1 fully saturated rings. The molecule has 20 heavy (non-hydrogen) atoms. The highest BCUT2D eigenvalue weighted by Gasteiger charge is 2.45. The van der Waals surface area contributed by atoms with Gasteiger partial charge in [0.15, 0.2) is 6.23 Å². The fourth-order valence-corrected chi connectivity index (χ4v) is 3.50. The van der Waals surface area contributed by atoms with Gasteiger partial charge in [-0.15, -0.1) is 0 Å². The van der Waals surface area contributed by atoms with Gasteiger partial charge in [0.05, 0.1) is 26.9 Å². The third-order valence-corrected chi connectivity index (χ3v) is 4.63. The number of carboxylic acid groups (broad SMARTS) is 1. The number of hydrogen-bond donors (Lipinski definition) is 2. The zero-order valence-electron chi connectivity index (χ0n) is 10.0. The van der Waals surface area contributed by atoms with Gasteiger partial charge in [-0.2, -0.15) is 0 Å². The summed E-state index contributed by atoms with van der Waals surface area (Å²) >= 11 is 18.4. The zero-order valence-corrected chi connectivity index (χ0v) is 12.3. The second-order valence-electron chi connectivity index (χ2n) is 4.64. The normalized spacial score (nSPS) is 27.4. The minimum Gasteiger partial charge on any atom is -0.450 e. The van der Waals surface area contributed by atoms with Crippen molar-refractivity contribution in [3.63, 3.8) is 0 Å². The Balaban J connectivity index is 2.09. The van der Waals surface area contributed by atoms with Crippen LogP contribution in [0.15, 0.2) is 6.07 Å². The molecule has 3 atom stereocenters. The lowest BCUT2D eigenvalue weighted by molar-refractivity contribution is 0.00367. The van der Waals surface area contributed by atoms with E-state index in [0.29, 0.717) is 39.3 Å². The molecule has 1 aromatic carbocycles. The van der Waals surface area contributed by atoms with Crippen LogP contribution in [0, 0.1) is 5.92 Å². The molecule has 3 unspecified atom stereocenters. The lowest BCUT2D eigenvalue weighted by Gasteiger charge is -2.35. The third kappa shape index (κ3) is 2.19. The van der Waals surface area contributed by atoms with Gasteiger partial charge in [-0.25, -0.2) is 4.79 Å². The highest BCUT2D eigenvalue weighted by Crippen LogP contribution is 2.51. The summed E-state index contributed by atoms with van der Waals surface area (Å²) in [5, 5.41) is 12.8. The Kier molecular flexibility index (Phi) is 3.62. The van der Waals surface area contributed by atoms with Gasteiger partial charge in [0.2, 0.25) is 0 Å². The van der Waals surface area contributed by atoms with E-state index in [-0.39, 0.29) is 12.0 Å². The van der Waals surface area contributed by atoms with Crippen molar-refractivity contribution in [1.82, 2.24) is 0 Å². The highest BCUT2D eigenvalue weighted by atomic mass is 35.5. The molecule has 1 aromatic rings. The number of nitrogens with one attached hydrogen (secondary N) is 1. The molecule has 0 aliphatic carbocycles. The van der Waals surface area contributed by atoms with E-state index in [1.165, 1.54) is 6.07 Å². The Bertz CT molecular complexity index is 580. The van der Waals surface area contributed by atoms with Gasteiger partial charge < -0.3 is 19.9 Å². The van der Waals surface area contributed by atoms with E-state index in [4.69, 9.17) is 49.4 Å². The smallest absolute Gasteiger partial charge is 0.450 e. The molecule has 2 N–H and O–H groups in total. The van der Waals surface area contributed by atoms with E-state index in [0.717, 1.165) is 0 Å². The van der Waals surface area contributed by atoms with Crippen molar-refractivity contribution in [2.24, 2.45) is 5.92 Å². The summed E-state index contributed by atoms with van der Waals surface area (Å²) < 4.78 is 10.5. The van der Waals surface area contributed by atoms with Crippen LogP contribution in [0.4, 0.5) is 10.5 Å². The molecule has 2 aliphatic heterocycles. The Hall–Kier alpha value is -0.880. The number of carbonyl (C=O) groups is 1. The number of rotatable bonds is 1. The molecule has 108 valence electrons. The summed E-state index contributed by atoms with van der Waals surface area (Å²) in [7, 11) is 0. The molecular formula is C12H10Cl3NO4. The van der Waals surface area contributed by atoms with Crippen molar-refractivity contribution in [2.75, 3.05) is 11.9 Å². The van der Waals surface area contributed by atoms with Gasteiger partial charge in [0, 0.05) is 18.1 Å². The number of ether oxygens (including phenoxy) is 2. The summed E-state index contributed by atoms with van der Waals surface area (Å²) in [6.07, 6.45) is -1.79. The minimum absolute atomic E-state index is 0.161. The van der Waals surface area contributed by atoms with Crippen molar-refractivity contribution in [3.8, 4) is 0 Å². The molecule has 0 radical (unpaired) electrons. The van der Waals surface area contributed by atoms with Gasteiger partial charge in [-0.1, -0.05) is 34.8 Å². The van der Waals surface area contributed by atoms with Crippen LogP contribution in [-0.2, 0) is 9.47 Å². The predicted octanol–water partition coefficient (Wildman–Crippen LogP) is 4.17. The van der Waals surface area contributed by atoms with Gasteiger partial charge in [0.1, 0.15) is 0 Å². The standard InChI is InChI=1S/C12H10Cl3NO4/c13-5-3-6(14)9-7(8(5)15)10-4(1-2-19-10)11(16-9)20-12(17)18/h3-4,10-11,16H,1-2H2,(H,17,18). The van der Waals surface area contributed by atoms with E-state index in [2.05, 4.69) is 5.32 Å². The molecule has 2 aliphatic rings. The second kappa shape index (κ2) is 5.15. The van der Waals surface area contributed by atoms with Crippen molar-refractivity contribution < 1.29 is 19.4 Å². The van der Waals surface area contributed by atoms with Gasteiger partial charge in [-0.05, 0) is 12.5 Å². The Morgan fingerprint density at radius 1 is 1.40 bits per heavy atom. The van der Waals surface area contributed by atoms with Crippen LogP contribution in [0.3, 0.4) is 0 Å². The second-order valence-corrected chi connectivity index (χ2v) is 5.83. The van der Waals surface area contributed by atoms with Gasteiger partial charge >= 0.3 is 6.16 Å². The monoisotopic (exact) mass is 337 g/mol. The van der Waals surface area contributed by atoms with E-state index < -0.39 is 12.4 Å². The summed E-state index contributed by atoms with van der Waals surface area (Å²) in [5.41, 5.74) is 1.17. The molecule has 0 spiro atoms. The van der Waals surface area contributed by atoms with Crippen molar-refractivity contribution in [2.45, 2.75) is 18.8 Å². The van der Waals surface area contributed by atoms with Crippen LogP contribution in [0.2, 0.25) is 15.1 Å². The fraction of sp³-hybridized carbons (Fsp3) is 0.417. The summed E-state index contributed by atoms with van der Waals surface area (Å²) in [4.78, 5) is 10.8. The minimum atomic E-state index is -1.35. The fourth-order valence-electron chi connectivity index (χ4n) is 2.72. The molecule has 0 aromatic heterocycles. The molecule has 0 amide bonds. The van der Waals surface area contributed by atoms with Crippen LogP contribution in [0.25, 0.3) is 0 Å². The number of benzene rings is 1. The average molecular weight is 339 g/mol. The molecule has 3 rings (SSSR count). The van der Waals surface area contributed by atoms with Gasteiger partial charge in [0.25, 0.3) is 0 Å². The summed E-state index contributed by atoms with van der Waals surface area (Å²) in [6.45, 7) is 0.496. The number of fused-ring (bicyclic) bond motifs is 3. The summed E-state index contributed by atoms with van der Waals surface area (Å²) in [5.74, 6) is -0.161. The van der Waals surface area contributed by atoms with Crippen LogP contribution >= 0.6 is 34.8 Å². The maximum atomic E-state index is 10.8. The molecule has 0 saturated carbocycles. The first-order valence-electron chi connectivity index (χ1n) is 5.94. The molecule has 5 nitrogen and oxygen atoms in total. The largest absolute Gasteiger partial charge is 0.507 e. The first-order chi connectivity index (χ1) is 9.49. The number of halogens is 3. The van der Waals surface area contributed by atoms with Crippen LogP contribution in [0.5, 0.6) is 0 Å². The quantitative estimate of drug-likeness (QED) is 0.594. The zero-order chi connectivity index (χ0) is 14.4. The first-order valence-corrected chi connectivity index (χ1v) is 7.07. The van der Waals surface area contributed by atoms with Crippen molar-refractivity contribution in [3.05, 3.63) is 26.7 Å². The molecule has 2 heterocycles. The molecule has 8 heteroatoms. The van der Waals surface area contributed by atoms with Crippen LogP contribution in [0.1, 0.15) is 18.1 Å². The predicted molar refractivity (Wildman–Crippen MR) is 74.8 cm³/mol. The Morgan fingerprint density at radius 3 is 2.85 bits per heavy atom. The SMILES string of the molecule is O=C(O)OC1Nc2c(Cl)cc(Cl)c(Cl)c2C2OCCC12. The van der Waals surface area contributed by atoms with E-state index in [1.54, 1.807) is 0 Å². The third-order valence-electron chi connectivity index (χ3n) is 3.53. The first kappa shape index (κ1) is 14.1. The number of anilines is 1. The Morgan fingerprint density at radius 2 is 2.15 bits per heavy atom. The Labute approximate surface area is 129 Å². The highest BCUT2D eigenvalue weighted by molar-refractivity contribution is 6.44. The molecular weight excluding hydrogens is 328 g/mol. The number of hydrogen-bond acceptors (Lipinski definition) is 4.